The Hall–Kier alpha value is -1.90. The molecule has 20 heavy (non-hydrogen) atoms. The molecule has 0 unspecified atom stereocenters. The van der Waals surface area contributed by atoms with Crippen LogP contribution >= 0.6 is 0 Å². The monoisotopic (exact) mass is 267 g/mol. The van der Waals surface area contributed by atoms with Gasteiger partial charge in [0.25, 0.3) is 0 Å². The molecule has 1 saturated carbocycles. The van der Waals surface area contributed by atoms with E-state index in [0.29, 0.717) is 0 Å². The van der Waals surface area contributed by atoms with Crippen molar-refractivity contribution in [3.05, 3.63) is 54.0 Å². The Morgan fingerprint density at radius 3 is 2.45 bits per heavy atom. The number of anilines is 1. The van der Waals surface area contributed by atoms with Gasteiger partial charge in [-0.2, -0.15) is 0 Å². The van der Waals surface area contributed by atoms with E-state index in [4.69, 9.17) is 4.98 Å². The van der Waals surface area contributed by atoms with Crippen LogP contribution in [0, 0.1) is 0 Å². The molecule has 2 aromatic rings. The first-order valence-electron chi connectivity index (χ1n) is 7.42. The second-order valence-corrected chi connectivity index (χ2v) is 5.52. The highest BCUT2D eigenvalue weighted by atomic mass is 15.0. The Morgan fingerprint density at radius 1 is 1.00 bits per heavy atom. The molecule has 1 aliphatic rings. The van der Waals surface area contributed by atoms with Crippen LogP contribution in [0.1, 0.15) is 43.5 Å². The minimum Gasteiger partial charge on any atom is -0.373 e. The molecule has 0 saturated heterocycles. The van der Waals surface area contributed by atoms with E-state index in [2.05, 4.69) is 40.6 Å². The van der Waals surface area contributed by atoms with Crippen LogP contribution in [0.4, 0.5) is 5.82 Å². The second kappa shape index (κ2) is 5.61. The summed E-state index contributed by atoms with van der Waals surface area (Å²) in [4.78, 5) is 9.35. The average Bonchev–Trinajstić information content (AvgIpc) is 2.56. The summed E-state index contributed by atoms with van der Waals surface area (Å²) in [5, 5.41) is 3.12. The van der Waals surface area contributed by atoms with Crippen LogP contribution in [0.5, 0.6) is 0 Å². The zero-order valence-corrected chi connectivity index (χ0v) is 12.0. The molecule has 104 valence electrons. The lowest BCUT2D eigenvalue weighted by molar-refractivity contribution is 0.330. The standard InChI is InChI=1S/C17H21N3/c1-18-15-10-13-19-16(20-15)17(11-6-3-7-12-17)14-8-4-2-5-9-14/h2,4-5,8-10,13H,3,6-7,11-12H2,1H3,(H,18,19,20). The van der Waals surface area contributed by atoms with E-state index in [0.717, 1.165) is 24.5 Å². The Balaban J connectivity index is 2.10. The molecule has 1 aromatic heterocycles. The van der Waals surface area contributed by atoms with Crippen molar-refractivity contribution in [3.63, 3.8) is 0 Å². The third-order valence-corrected chi connectivity index (χ3v) is 4.37. The molecule has 0 spiro atoms. The fourth-order valence-electron chi connectivity index (χ4n) is 3.28. The summed E-state index contributed by atoms with van der Waals surface area (Å²) < 4.78 is 0. The van der Waals surface area contributed by atoms with Gasteiger partial charge in [0, 0.05) is 13.2 Å². The summed E-state index contributed by atoms with van der Waals surface area (Å²) in [6.07, 6.45) is 7.98. The Morgan fingerprint density at radius 2 is 1.75 bits per heavy atom. The molecule has 0 atom stereocenters. The first kappa shape index (κ1) is 13.1. The zero-order valence-electron chi connectivity index (χ0n) is 12.0. The number of rotatable bonds is 3. The van der Waals surface area contributed by atoms with Crippen molar-refractivity contribution in [2.75, 3.05) is 12.4 Å². The third kappa shape index (κ3) is 2.28. The van der Waals surface area contributed by atoms with Gasteiger partial charge < -0.3 is 5.32 Å². The molecule has 0 aliphatic heterocycles. The van der Waals surface area contributed by atoms with Crippen molar-refractivity contribution in [3.8, 4) is 0 Å². The largest absolute Gasteiger partial charge is 0.373 e. The van der Waals surface area contributed by atoms with E-state index in [1.54, 1.807) is 0 Å². The van der Waals surface area contributed by atoms with Crippen molar-refractivity contribution in [2.24, 2.45) is 0 Å². The number of hydrogen-bond donors (Lipinski definition) is 1. The summed E-state index contributed by atoms with van der Waals surface area (Å²) in [6, 6.07) is 12.7. The zero-order chi connectivity index (χ0) is 13.8. The SMILES string of the molecule is CNc1ccnc(C2(c3ccccc3)CCCCC2)n1. The molecule has 1 heterocycles. The summed E-state index contributed by atoms with van der Waals surface area (Å²) in [7, 11) is 1.90. The third-order valence-electron chi connectivity index (χ3n) is 4.37. The highest BCUT2D eigenvalue weighted by molar-refractivity contribution is 5.38. The average molecular weight is 267 g/mol. The summed E-state index contributed by atoms with van der Waals surface area (Å²) in [5.74, 6) is 1.87. The molecule has 3 rings (SSSR count). The van der Waals surface area contributed by atoms with Crippen molar-refractivity contribution in [1.29, 1.82) is 0 Å². The molecule has 0 bridgehead atoms. The lowest BCUT2D eigenvalue weighted by atomic mass is 9.69. The van der Waals surface area contributed by atoms with Crippen LogP contribution in [-0.2, 0) is 5.41 Å². The molecule has 3 nitrogen and oxygen atoms in total. The highest BCUT2D eigenvalue weighted by Gasteiger charge is 2.38. The van der Waals surface area contributed by atoms with E-state index in [9.17, 15) is 0 Å². The molecule has 0 radical (unpaired) electrons. The topological polar surface area (TPSA) is 37.8 Å². The fraction of sp³-hybridized carbons (Fsp3) is 0.412. The molecule has 1 fully saturated rings. The summed E-state index contributed by atoms with van der Waals surface area (Å²) in [6.45, 7) is 0. The second-order valence-electron chi connectivity index (χ2n) is 5.52. The minimum absolute atomic E-state index is 0.00757. The van der Waals surface area contributed by atoms with E-state index in [1.807, 2.05) is 19.3 Å². The quantitative estimate of drug-likeness (QED) is 0.920. The minimum atomic E-state index is -0.00757. The predicted octanol–water partition coefficient (Wildman–Crippen LogP) is 3.77. The van der Waals surface area contributed by atoms with Gasteiger partial charge in [-0.1, -0.05) is 49.6 Å². The molecular weight excluding hydrogens is 246 g/mol. The molecule has 1 aromatic carbocycles. The number of hydrogen-bond acceptors (Lipinski definition) is 3. The first-order chi connectivity index (χ1) is 9.85. The van der Waals surface area contributed by atoms with Crippen LogP contribution < -0.4 is 5.32 Å². The molecule has 3 heteroatoms. The van der Waals surface area contributed by atoms with Crippen molar-refractivity contribution in [1.82, 2.24) is 9.97 Å². The van der Waals surface area contributed by atoms with Crippen LogP contribution in [0.25, 0.3) is 0 Å². The van der Waals surface area contributed by atoms with Crippen LogP contribution in [0.3, 0.4) is 0 Å². The summed E-state index contributed by atoms with van der Waals surface area (Å²) in [5.41, 5.74) is 1.35. The normalized spacial score (nSPS) is 17.6. The summed E-state index contributed by atoms with van der Waals surface area (Å²) >= 11 is 0. The lowest BCUT2D eigenvalue weighted by Crippen LogP contribution is -2.32. The van der Waals surface area contributed by atoms with Gasteiger partial charge in [-0.25, -0.2) is 9.97 Å². The van der Waals surface area contributed by atoms with E-state index in [1.165, 1.54) is 24.8 Å². The Kier molecular flexibility index (Phi) is 3.68. The van der Waals surface area contributed by atoms with Crippen molar-refractivity contribution < 1.29 is 0 Å². The Bertz CT molecular complexity index is 559. The van der Waals surface area contributed by atoms with Crippen LogP contribution in [-0.4, -0.2) is 17.0 Å². The smallest absolute Gasteiger partial charge is 0.141 e. The van der Waals surface area contributed by atoms with Gasteiger partial charge in [0.05, 0.1) is 5.41 Å². The maximum Gasteiger partial charge on any atom is 0.141 e. The van der Waals surface area contributed by atoms with Gasteiger partial charge in [0.1, 0.15) is 11.6 Å². The molecular formula is C17H21N3. The van der Waals surface area contributed by atoms with Crippen LogP contribution in [0.15, 0.2) is 42.6 Å². The maximum absolute atomic E-state index is 4.74. The number of benzene rings is 1. The highest BCUT2D eigenvalue weighted by Crippen LogP contribution is 2.43. The first-order valence-corrected chi connectivity index (χ1v) is 7.42. The number of aromatic nitrogens is 2. The maximum atomic E-state index is 4.74. The van der Waals surface area contributed by atoms with Gasteiger partial charge in [-0.3, -0.25) is 0 Å². The van der Waals surface area contributed by atoms with E-state index in [-0.39, 0.29) is 5.41 Å². The van der Waals surface area contributed by atoms with E-state index < -0.39 is 0 Å². The molecule has 0 amide bonds. The van der Waals surface area contributed by atoms with Gasteiger partial charge in [0.2, 0.25) is 0 Å². The fourth-order valence-corrected chi connectivity index (χ4v) is 3.28. The van der Waals surface area contributed by atoms with Gasteiger partial charge >= 0.3 is 0 Å². The van der Waals surface area contributed by atoms with Gasteiger partial charge in [-0.15, -0.1) is 0 Å². The lowest BCUT2D eigenvalue weighted by Gasteiger charge is -2.36. The number of nitrogens with one attached hydrogen (secondary N) is 1. The molecule has 1 N–H and O–H groups in total. The molecule has 1 aliphatic carbocycles. The van der Waals surface area contributed by atoms with Gasteiger partial charge in [0.15, 0.2) is 0 Å². The van der Waals surface area contributed by atoms with Crippen molar-refractivity contribution >= 4 is 5.82 Å². The van der Waals surface area contributed by atoms with Crippen molar-refractivity contribution in [2.45, 2.75) is 37.5 Å². The van der Waals surface area contributed by atoms with E-state index >= 15 is 0 Å². The number of nitrogens with zero attached hydrogens (tertiary/aromatic N) is 2. The van der Waals surface area contributed by atoms with Crippen LogP contribution in [0.2, 0.25) is 0 Å². The Labute approximate surface area is 120 Å². The van der Waals surface area contributed by atoms with Gasteiger partial charge in [-0.05, 0) is 24.5 Å². The predicted molar refractivity (Wildman–Crippen MR) is 81.9 cm³/mol.